The summed E-state index contributed by atoms with van der Waals surface area (Å²) in [6, 6.07) is 4.79. The van der Waals surface area contributed by atoms with Gasteiger partial charge in [0.2, 0.25) is 0 Å². The van der Waals surface area contributed by atoms with Gasteiger partial charge < -0.3 is 18.9 Å². The van der Waals surface area contributed by atoms with Gasteiger partial charge in [-0.1, -0.05) is 6.07 Å². The van der Waals surface area contributed by atoms with Crippen LogP contribution in [0.5, 0.6) is 11.5 Å². The van der Waals surface area contributed by atoms with Crippen molar-refractivity contribution < 1.29 is 28.5 Å². The van der Waals surface area contributed by atoms with Crippen LogP contribution < -0.4 is 9.47 Å². The zero-order chi connectivity index (χ0) is 13.0. The number of para-hydroxylation sites is 1. The van der Waals surface area contributed by atoms with E-state index in [1.165, 1.54) is 6.07 Å². The minimum Gasteiger partial charge on any atom is -0.486 e. The van der Waals surface area contributed by atoms with Crippen LogP contribution in [0.25, 0.3) is 0 Å². The molecule has 1 aliphatic rings. The molecule has 0 N–H and O–H groups in total. The molecular formula is C12H12O6. The van der Waals surface area contributed by atoms with Gasteiger partial charge in [0.05, 0.1) is 6.61 Å². The van der Waals surface area contributed by atoms with E-state index >= 15 is 0 Å². The summed E-state index contributed by atoms with van der Waals surface area (Å²) in [4.78, 5) is 22.8. The molecule has 0 aromatic heterocycles. The molecule has 18 heavy (non-hydrogen) atoms. The lowest BCUT2D eigenvalue weighted by molar-refractivity contribution is 0.0395. The molecular weight excluding hydrogens is 240 g/mol. The van der Waals surface area contributed by atoms with Crippen molar-refractivity contribution in [2.45, 2.75) is 6.92 Å². The summed E-state index contributed by atoms with van der Waals surface area (Å²) < 4.78 is 19.7. The third kappa shape index (κ3) is 2.53. The zero-order valence-electron chi connectivity index (χ0n) is 9.80. The van der Waals surface area contributed by atoms with Gasteiger partial charge in [-0.05, 0) is 19.1 Å². The average Bonchev–Trinajstić information content (AvgIpc) is 2.38. The number of hydrogen-bond donors (Lipinski definition) is 0. The first-order valence-electron chi connectivity index (χ1n) is 5.50. The van der Waals surface area contributed by atoms with Crippen LogP contribution in [0.15, 0.2) is 18.2 Å². The van der Waals surface area contributed by atoms with Crippen LogP contribution in [0.3, 0.4) is 0 Å². The second-order valence-corrected chi connectivity index (χ2v) is 3.40. The maximum atomic E-state index is 11.7. The van der Waals surface area contributed by atoms with E-state index in [4.69, 9.17) is 9.47 Å². The molecule has 0 radical (unpaired) electrons. The van der Waals surface area contributed by atoms with E-state index in [0.29, 0.717) is 19.0 Å². The summed E-state index contributed by atoms with van der Waals surface area (Å²) in [5.41, 5.74) is 0.139. The average molecular weight is 252 g/mol. The van der Waals surface area contributed by atoms with Crippen LogP contribution in [0.4, 0.5) is 4.79 Å². The molecule has 1 aromatic rings. The van der Waals surface area contributed by atoms with Crippen molar-refractivity contribution in [3.63, 3.8) is 0 Å². The Bertz CT molecular complexity index is 468. The number of hydrogen-bond acceptors (Lipinski definition) is 6. The first-order valence-corrected chi connectivity index (χ1v) is 5.50. The van der Waals surface area contributed by atoms with E-state index < -0.39 is 12.1 Å². The largest absolute Gasteiger partial charge is 0.516 e. The van der Waals surface area contributed by atoms with Crippen LogP contribution in [-0.2, 0) is 9.47 Å². The predicted molar refractivity (Wildman–Crippen MR) is 59.9 cm³/mol. The van der Waals surface area contributed by atoms with Gasteiger partial charge >= 0.3 is 12.1 Å². The highest BCUT2D eigenvalue weighted by molar-refractivity contribution is 5.98. The predicted octanol–water partition coefficient (Wildman–Crippen LogP) is 1.77. The van der Waals surface area contributed by atoms with E-state index in [0.717, 1.165) is 0 Å². The smallest absolute Gasteiger partial charge is 0.486 e. The van der Waals surface area contributed by atoms with Crippen molar-refractivity contribution in [1.82, 2.24) is 0 Å². The minimum absolute atomic E-state index is 0.138. The number of benzene rings is 1. The molecule has 0 aliphatic carbocycles. The number of esters is 1. The fraction of sp³-hybridized carbons (Fsp3) is 0.333. The lowest BCUT2D eigenvalue weighted by atomic mass is 10.2. The normalized spacial score (nSPS) is 12.7. The maximum absolute atomic E-state index is 11.7. The fourth-order valence-electron chi connectivity index (χ4n) is 1.51. The van der Waals surface area contributed by atoms with E-state index in [9.17, 15) is 9.59 Å². The van der Waals surface area contributed by atoms with Gasteiger partial charge in [-0.25, -0.2) is 9.59 Å². The van der Waals surface area contributed by atoms with E-state index in [1.807, 2.05) is 0 Å². The molecule has 0 saturated carbocycles. The Morgan fingerprint density at radius 1 is 1.28 bits per heavy atom. The van der Waals surface area contributed by atoms with Crippen molar-refractivity contribution in [3.05, 3.63) is 23.8 Å². The monoisotopic (exact) mass is 252 g/mol. The van der Waals surface area contributed by atoms with Crippen molar-refractivity contribution >= 4 is 12.1 Å². The van der Waals surface area contributed by atoms with E-state index in [1.54, 1.807) is 19.1 Å². The van der Waals surface area contributed by atoms with Crippen LogP contribution in [0, 0.1) is 0 Å². The first kappa shape index (κ1) is 12.2. The Hall–Kier alpha value is -2.24. The highest BCUT2D eigenvalue weighted by Crippen LogP contribution is 2.33. The summed E-state index contributed by atoms with van der Waals surface area (Å²) in [6.45, 7) is 2.52. The first-order chi connectivity index (χ1) is 8.72. The number of carbonyl (C=O) groups excluding carboxylic acids is 2. The summed E-state index contributed by atoms with van der Waals surface area (Å²) in [5.74, 6) is -0.0755. The molecule has 0 amide bonds. The van der Waals surface area contributed by atoms with Gasteiger partial charge in [0.25, 0.3) is 0 Å². The lowest BCUT2D eigenvalue weighted by Gasteiger charge is -2.19. The molecule has 0 bridgehead atoms. The maximum Gasteiger partial charge on any atom is 0.516 e. The second-order valence-electron chi connectivity index (χ2n) is 3.40. The number of rotatable bonds is 2. The van der Waals surface area contributed by atoms with Crippen molar-refractivity contribution in [2.24, 2.45) is 0 Å². The second kappa shape index (κ2) is 5.39. The summed E-state index contributed by atoms with van der Waals surface area (Å²) >= 11 is 0. The standard InChI is InChI=1S/C12H12O6/c1-2-15-12(14)18-11(13)8-4-3-5-9-10(8)17-7-6-16-9/h3-5H,2,6-7H2,1H3. The van der Waals surface area contributed by atoms with Gasteiger partial charge in [0.1, 0.15) is 18.8 Å². The van der Waals surface area contributed by atoms with E-state index in [-0.39, 0.29) is 17.9 Å². The van der Waals surface area contributed by atoms with Gasteiger partial charge in [0, 0.05) is 0 Å². The summed E-state index contributed by atoms with van der Waals surface area (Å²) in [7, 11) is 0. The Labute approximate surface area is 103 Å². The number of carbonyl (C=O) groups is 2. The quantitative estimate of drug-likeness (QED) is 0.590. The molecule has 0 atom stereocenters. The highest BCUT2D eigenvalue weighted by atomic mass is 16.7. The SMILES string of the molecule is CCOC(=O)OC(=O)c1cccc2c1OCCO2. The summed E-state index contributed by atoms with van der Waals surface area (Å²) in [5, 5.41) is 0. The highest BCUT2D eigenvalue weighted by Gasteiger charge is 2.23. The van der Waals surface area contributed by atoms with E-state index in [2.05, 4.69) is 9.47 Å². The Kier molecular flexibility index (Phi) is 3.66. The third-order valence-corrected chi connectivity index (χ3v) is 2.22. The Balaban J connectivity index is 2.17. The topological polar surface area (TPSA) is 71.1 Å². The van der Waals surface area contributed by atoms with Crippen molar-refractivity contribution in [3.8, 4) is 11.5 Å². The van der Waals surface area contributed by atoms with Gasteiger partial charge in [-0.3, -0.25) is 0 Å². The lowest BCUT2D eigenvalue weighted by Crippen LogP contribution is -2.20. The Morgan fingerprint density at radius 2 is 2.06 bits per heavy atom. The molecule has 1 aliphatic heterocycles. The fourth-order valence-corrected chi connectivity index (χ4v) is 1.51. The van der Waals surface area contributed by atoms with Crippen LogP contribution in [0.1, 0.15) is 17.3 Å². The van der Waals surface area contributed by atoms with Crippen LogP contribution in [-0.4, -0.2) is 31.9 Å². The molecule has 0 saturated heterocycles. The van der Waals surface area contributed by atoms with Crippen molar-refractivity contribution in [2.75, 3.05) is 19.8 Å². The number of fused-ring (bicyclic) bond motifs is 1. The molecule has 0 fully saturated rings. The molecule has 6 heteroatoms. The molecule has 2 rings (SSSR count). The van der Waals surface area contributed by atoms with Crippen LogP contribution in [0.2, 0.25) is 0 Å². The molecule has 1 heterocycles. The molecule has 6 nitrogen and oxygen atoms in total. The minimum atomic E-state index is -1.03. The van der Waals surface area contributed by atoms with Gasteiger partial charge in [-0.2, -0.15) is 0 Å². The molecule has 96 valence electrons. The van der Waals surface area contributed by atoms with Crippen LogP contribution >= 0.6 is 0 Å². The zero-order valence-corrected chi connectivity index (χ0v) is 9.80. The Morgan fingerprint density at radius 3 is 2.83 bits per heavy atom. The number of ether oxygens (including phenoxy) is 4. The summed E-state index contributed by atoms with van der Waals surface area (Å²) in [6.07, 6.45) is -1.03. The molecule has 0 spiro atoms. The molecule has 1 aromatic carbocycles. The third-order valence-electron chi connectivity index (χ3n) is 2.22. The molecule has 0 unspecified atom stereocenters. The van der Waals surface area contributed by atoms with Gasteiger partial charge in [-0.15, -0.1) is 0 Å². The van der Waals surface area contributed by atoms with Crippen molar-refractivity contribution in [1.29, 1.82) is 0 Å². The van der Waals surface area contributed by atoms with Gasteiger partial charge in [0.15, 0.2) is 11.5 Å².